The van der Waals surface area contributed by atoms with Gasteiger partial charge in [0, 0.05) is 10.6 Å². The van der Waals surface area contributed by atoms with Gasteiger partial charge in [0.2, 0.25) is 5.91 Å². The number of hydrogen-bond donors (Lipinski definition) is 2. The van der Waals surface area contributed by atoms with E-state index in [0.29, 0.717) is 11.8 Å². The Morgan fingerprint density at radius 3 is 3.05 bits per heavy atom. The zero-order chi connectivity index (χ0) is 14.2. The van der Waals surface area contributed by atoms with Gasteiger partial charge in [-0.3, -0.25) is 4.79 Å². The molecule has 1 aliphatic heterocycles. The number of thioether (sulfide) groups is 1. The van der Waals surface area contributed by atoms with Gasteiger partial charge in [-0.1, -0.05) is 24.3 Å². The number of carbonyl (C=O) groups excluding carboxylic acids is 1. The largest absolute Gasteiger partial charge is 0.378 e. The lowest BCUT2D eigenvalue weighted by Crippen LogP contribution is -2.18. The summed E-state index contributed by atoms with van der Waals surface area (Å²) in [5.74, 6) is 0.589. The van der Waals surface area contributed by atoms with Crippen molar-refractivity contribution in [2.45, 2.75) is 23.8 Å². The van der Waals surface area contributed by atoms with Gasteiger partial charge in [0.15, 0.2) is 0 Å². The minimum absolute atomic E-state index is 0.0795. The second-order valence-electron chi connectivity index (χ2n) is 5.48. The number of aryl methyl sites for hydroxylation is 1. The quantitative estimate of drug-likeness (QED) is 0.885. The van der Waals surface area contributed by atoms with Crippen LogP contribution in [0, 0.1) is 0 Å². The molecule has 106 valence electrons. The van der Waals surface area contributed by atoms with Crippen LogP contribution in [0.15, 0.2) is 47.4 Å². The molecule has 2 aromatic rings. The first-order chi connectivity index (χ1) is 10.3. The minimum atomic E-state index is 0.0795. The molecule has 0 fully saturated rings. The van der Waals surface area contributed by atoms with Gasteiger partial charge in [-0.2, -0.15) is 0 Å². The van der Waals surface area contributed by atoms with Gasteiger partial charge in [-0.25, -0.2) is 0 Å². The number of rotatable bonds is 2. The number of amides is 1. The van der Waals surface area contributed by atoms with Crippen LogP contribution in [0.3, 0.4) is 0 Å². The first kappa shape index (κ1) is 12.8. The van der Waals surface area contributed by atoms with E-state index < -0.39 is 0 Å². The zero-order valence-corrected chi connectivity index (χ0v) is 12.4. The van der Waals surface area contributed by atoms with Gasteiger partial charge in [-0.05, 0) is 42.2 Å². The lowest BCUT2D eigenvalue weighted by atomic mass is 10.1. The highest BCUT2D eigenvalue weighted by Crippen LogP contribution is 2.37. The summed E-state index contributed by atoms with van der Waals surface area (Å²) in [4.78, 5) is 12.6. The fraction of sp³-hybridized carbons (Fsp3) is 0.235. The molecular formula is C17H16N2OS. The third-order valence-corrected chi connectivity index (χ3v) is 5.16. The van der Waals surface area contributed by atoms with E-state index in [9.17, 15) is 4.79 Å². The number of anilines is 2. The van der Waals surface area contributed by atoms with E-state index in [1.807, 2.05) is 6.07 Å². The molecular weight excluding hydrogens is 280 g/mol. The van der Waals surface area contributed by atoms with E-state index in [-0.39, 0.29) is 5.91 Å². The third kappa shape index (κ3) is 2.40. The summed E-state index contributed by atoms with van der Waals surface area (Å²) in [7, 11) is 0. The molecule has 0 aromatic heterocycles. The minimum Gasteiger partial charge on any atom is -0.378 e. The summed E-state index contributed by atoms with van der Waals surface area (Å²) in [5, 5.41) is 6.55. The fourth-order valence-corrected chi connectivity index (χ4v) is 3.87. The maximum Gasteiger partial charge on any atom is 0.234 e. The molecule has 21 heavy (non-hydrogen) atoms. The molecule has 1 unspecified atom stereocenters. The Labute approximate surface area is 128 Å². The van der Waals surface area contributed by atoms with Crippen LogP contribution in [-0.4, -0.2) is 11.7 Å². The highest BCUT2D eigenvalue weighted by atomic mass is 32.2. The molecule has 2 aromatic carbocycles. The molecule has 2 N–H and O–H groups in total. The van der Waals surface area contributed by atoms with Crippen LogP contribution >= 0.6 is 11.8 Å². The summed E-state index contributed by atoms with van der Waals surface area (Å²) in [6.07, 6.45) is 2.25. The molecule has 0 radical (unpaired) electrons. The van der Waals surface area contributed by atoms with E-state index >= 15 is 0 Å². The van der Waals surface area contributed by atoms with Crippen LogP contribution in [-0.2, 0) is 11.2 Å². The monoisotopic (exact) mass is 296 g/mol. The van der Waals surface area contributed by atoms with Crippen molar-refractivity contribution in [2.24, 2.45) is 0 Å². The number of carbonyl (C=O) groups is 1. The molecule has 0 bridgehead atoms. The lowest BCUT2D eigenvalue weighted by Gasteiger charge is -2.20. The number of benzene rings is 2. The second kappa shape index (κ2) is 5.11. The molecule has 3 nitrogen and oxygen atoms in total. The van der Waals surface area contributed by atoms with Crippen molar-refractivity contribution in [2.75, 3.05) is 16.4 Å². The van der Waals surface area contributed by atoms with Crippen LogP contribution in [0.2, 0.25) is 0 Å². The van der Waals surface area contributed by atoms with Gasteiger partial charge in [0.1, 0.15) is 0 Å². The Kier molecular flexibility index (Phi) is 3.11. The summed E-state index contributed by atoms with van der Waals surface area (Å²) in [6, 6.07) is 15.2. The van der Waals surface area contributed by atoms with Crippen LogP contribution in [0.1, 0.15) is 23.6 Å². The van der Waals surface area contributed by atoms with Gasteiger partial charge < -0.3 is 10.6 Å². The van der Waals surface area contributed by atoms with E-state index in [0.717, 1.165) is 29.1 Å². The van der Waals surface area contributed by atoms with E-state index in [1.54, 1.807) is 11.8 Å². The average molecular weight is 296 g/mol. The topological polar surface area (TPSA) is 41.1 Å². The number of nitrogens with one attached hydrogen (secondary N) is 2. The van der Waals surface area contributed by atoms with Crippen molar-refractivity contribution < 1.29 is 4.79 Å². The summed E-state index contributed by atoms with van der Waals surface area (Å²) in [6.45, 7) is 0. The maximum atomic E-state index is 11.5. The summed E-state index contributed by atoms with van der Waals surface area (Å²) >= 11 is 1.60. The predicted molar refractivity (Wildman–Crippen MR) is 86.9 cm³/mol. The Morgan fingerprint density at radius 2 is 2.10 bits per heavy atom. The van der Waals surface area contributed by atoms with Crippen molar-refractivity contribution in [3.63, 3.8) is 0 Å². The van der Waals surface area contributed by atoms with Gasteiger partial charge in [0.05, 0.1) is 17.5 Å². The second-order valence-corrected chi connectivity index (χ2v) is 6.50. The summed E-state index contributed by atoms with van der Waals surface area (Å²) < 4.78 is 0. The Balaban J connectivity index is 1.59. The molecule has 4 rings (SSSR count). The molecule has 1 amide bonds. The van der Waals surface area contributed by atoms with Crippen molar-refractivity contribution in [3.8, 4) is 0 Å². The van der Waals surface area contributed by atoms with Crippen molar-refractivity contribution >= 4 is 29.0 Å². The summed E-state index contributed by atoms with van der Waals surface area (Å²) in [5.41, 5.74) is 4.83. The number of fused-ring (bicyclic) bond motifs is 2. The van der Waals surface area contributed by atoms with E-state index in [4.69, 9.17) is 0 Å². The first-order valence-corrected chi connectivity index (χ1v) is 8.19. The Hall–Kier alpha value is -1.94. The lowest BCUT2D eigenvalue weighted by molar-refractivity contribution is -0.113. The van der Waals surface area contributed by atoms with Gasteiger partial charge in [-0.15, -0.1) is 11.8 Å². The molecule has 2 aliphatic rings. The van der Waals surface area contributed by atoms with Crippen molar-refractivity contribution in [1.29, 1.82) is 0 Å². The molecule has 1 atom stereocenters. The molecule has 0 saturated carbocycles. The maximum absolute atomic E-state index is 11.5. The fourth-order valence-electron chi connectivity index (χ4n) is 3.08. The van der Waals surface area contributed by atoms with Crippen LogP contribution in [0.25, 0.3) is 0 Å². The number of hydrogen-bond acceptors (Lipinski definition) is 3. The smallest absolute Gasteiger partial charge is 0.234 e. The average Bonchev–Trinajstić information content (AvgIpc) is 2.90. The molecule has 1 heterocycles. The molecule has 0 spiro atoms. The van der Waals surface area contributed by atoms with Crippen LogP contribution in [0.4, 0.5) is 11.4 Å². The van der Waals surface area contributed by atoms with Gasteiger partial charge in [0.25, 0.3) is 0 Å². The molecule has 4 heteroatoms. The normalized spacial score (nSPS) is 19.6. The van der Waals surface area contributed by atoms with E-state index in [1.165, 1.54) is 11.1 Å². The highest BCUT2D eigenvalue weighted by Gasteiger charge is 2.22. The van der Waals surface area contributed by atoms with Crippen LogP contribution in [0.5, 0.6) is 0 Å². The molecule has 0 saturated heterocycles. The van der Waals surface area contributed by atoms with Crippen molar-refractivity contribution in [3.05, 3.63) is 53.6 Å². The predicted octanol–water partition coefficient (Wildman–Crippen LogP) is 3.83. The Bertz CT molecular complexity index is 714. The standard InChI is InChI=1S/C17H16N2OS/c20-17-10-21-16-8-6-12(9-15(16)19-17)18-14-7-5-11-3-1-2-4-13(11)14/h1-4,6,8-9,14,18H,5,7,10H2,(H,19,20). The Morgan fingerprint density at radius 1 is 1.19 bits per heavy atom. The SMILES string of the molecule is O=C1CSc2ccc(NC3CCc4ccccc43)cc2N1. The first-order valence-electron chi connectivity index (χ1n) is 7.21. The molecule has 1 aliphatic carbocycles. The van der Waals surface area contributed by atoms with E-state index in [2.05, 4.69) is 47.0 Å². The highest BCUT2D eigenvalue weighted by molar-refractivity contribution is 8.00. The third-order valence-electron chi connectivity index (χ3n) is 4.09. The van der Waals surface area contributed by atoms with Gasteiger partial charge >= 0.3 is 0 Å². The van der Waals surface area contributed by atoms with Crippen molar-refractivity contribution in [1.82, 2.24) is 0 Å². The zero-order valence-electron chi connectivity index (χ0n) is 11.6. The van der Waals surface area contributed by atoms with Crippen LogP contribution < -0.4 is 10.6 Å².